The van der Waals surface area contributed by atoms with E-state index in [1.807, 2.05) is 0 Å². The summed E-state index contributed by atoms with van der Waals surface area (Å²) in [6.45, 7) is 7.49. The first-order chi connectivity index (χ1) is 8.14. The normalized spacial score (nSPS) is 11.7. The molecule has 1 rings (SSSR count). The molecule has 0 N–H and O–H groups in total. The van der Waals surface area contributed by atoms with Crippen molar-refractivity contribution < 1.29 is 4.74 Å². The van der Waals surface area contributed by atoms with Crippen LogP contribution in [0.2, 0.25) is 0 Å². The van der Waals surface area contributed by atoms with Crippen LogP contribution in [0.5, 0.6) is 0 Å². The number of hydrogen-bond donors (Lipinski definition) is 0. The van der Waals surface area contributed by atoms with Crippen molar-refractivity contribution in [1.29, 1.82) is 0 Å². The minimum absolute atomic E-state index is 0.0480. The van der Waals surface area contributed by atoms with Gasteiger partial charge in [0.2, 0.25) is 0 Å². The van der Waals surface area contributed by atoms with E-state index < -0.39 is 0 Å². The second-order valence-electron chi connectivity index (χ2n) is 5.33. The molecule has 0 radical (unpaired) electrons. The third-order valence-corrected chi connectivity index (χ3v) is 2.96. The summed E-state index contributed by atoms with van der Waals surface area (Å²) >= 11 is 0. The van der Waals surface area contributed by atoms with E-state index >= 15 is 0 Å². The number of rotatable bonds is 8. The second kappa shape index (κ2) is 7.50. The summed E-state index contributed by atoms with van der Waals surface area (Å²) in [4.78, 5) is 0. The number of hydrogen-bond acceptors (Lipinski definition) is 1. The van der Waals surface area contributed by atoms with Gasteiger partial charge in [0.05, 0.1) is 5.60 Å². The Morgan fingerprint density at radius 2 is 1.71 bits per heavy atom. The summed E-state index contributed by atoms with van der Waals surface area (Å²) in [5.74, 6) is 0. The van der Waals surface area contributed by atoms with Crippen LogP contribution in [-0.4, -0.2) is 12.2 Å². The summed E-state index contributed by atoms with van der Waals surface area (Å²) in [5.41, 5.74) is 1.30. The number of benzene rings is 1. The Morgan fingerprint density at radius 1 is 1.00 bits per heavy atom. The third-order valence-electron chi connectivity index (χ3n) is 2.96. The fourth-order valence-corrected chi connectivity index (χ4v) is 2.02. The first-order valence-corrected chi connectivity index (χ1v) is 6.82. The average molecular weight is 234 g/mol. The maximum Gasteiger partial charge on any atom is 0.0666 e. The molecule has 0 heterocycles. The predicted molar refractivity (Wildman–Crippen MR) is 74.3 cm³/mol. The molecule has 0 aliphatic carbocycles. The van der Waals surface area contributed by atoms with Gasteiger partial charge in [-0.25, -0.2) is 0 Å². The molecule has 0 bridgehead atoms. The maximum absolute atomic E-state index is 5.98. The van der Waals surface area contributed by atoms with Crippen LogP contribution in [0.4, 0.5) is 0 Å². The van der Waals surface area contributed by atoms with E-state index in [1.54, 1.807) is 0 Å². The zero-order chi connectivity index (χ0) is 12.6. The minimum Gasteiger partial charge on any atom is -0.375 e. The highest BCUT2D eigenvalue weighted by atomic mass is 16.5. The van der Waals surface area contributed by atoms with Gasteiger partial charge in [0.15, 0.2) is 0 Å². The van der Waals surface area contributed by atoms with E-state index in [0.717, 1.165) is 13.0 Å². The van der Waals surface area contributed by atoms with Gasteiger partial charge < -0.3 is 4.74 Å². The van der Waals surface area contributed by atoms with Crippen LogP contribution >= 0.6 is 0 Å². The van der Waals surface area contributed by atoms with Gasteiger partial charge in [-0.2, -0.15) is 0 Å². The van der Waals surface area contributed by atoms with E-state index in [4.69, 9.17) is 4.74 Å². The van der Waals surface area contributed by atoms with Crippen LogP contribution in [-0.2, 0) is 11.2 Å². The lowest BCUT2D eigenvalue weighted by atomic mass is 9.98. The summed E-state index contributed by atoms with van der Waals surface area (Å²) in [6, 6.07) is 10.6. The van der Waals surface area contributed by atoms with E-state index in [2.05, 4.69) is 51.1 Å². The van der Waals surface area contributed by atoms with Gasteiger partial charge in [0.25, 0.3) is 0 Å². The van der Waals surface area contributed by atoms with Crippen molar-refractivity contribution in [3.63, 3.8) is 0 Å². The predicted octanol–water partition coefficient (Wildman–Crippen LogP) is 4.60. The number of ether oxygens (including phenoxy) is 1. The Kier molecular flexibility index (Phi) is 6.28. The monoisotopic (exact) mass is 234 g/mol. The van der Waals surface area contributed by atoms with Gasteiger partial charge >= 0.3 is 0 Å². The van der Waals surface area contributed by atoms with Crippen LogP contribution in [0.1, 0.15) is 52.0 Å². The summed E-state index contributed by atoms with van der Waals surface area (Å²) in [6.07, 6.45) is 6.07. The Bertz CT molecular complexity index is 290. The molecule has 0 aromatic heterocycles. The summed E-state index contributed by atoms with van der Waals surface area (Å²) in [5, 5.41) is 0. The fraction of sp³-hybridized carbons (Fsp3) is 0.625. The van der Waals surface area contributed by atoms with E-state index in [1.165, 1.54) is 31.2 Å². The van der Waals surface area contributed by atoms with E-state index in [0.29, 0.717) is 0 Å². The largest absolute Gasteiger partial charge is 0.375 e. The topological polar surface area (TPSA) is 9.23 Å². The van der Waals surface area contributed by atoms with Gasteiger partial charge in [0, 0.05) is 13.0 Å². The molecule has 0 saturated carbocycles. The van der Waals surface area contributed by atoms with Gasteiger partial charge in [-0.15, -0.1) is 0 Å². The van der Waals surface area contributed by atoms with Crippen LogP contribution in [0, 0.1) is 0 Å². The molecule has 0 fully saturated rings. The van der Waals surface area contributed by atoms with Crippen molar-refractivity contribution in [3.05, 3.63) is 35.9 Å². The fourth-order valence-electron chi connectivity index (χ4n) is 2.02. The lowest BCUT2D eigenvalue weighted by Gasteiger charge is -2.25. The molecular weight excluding hydrogens is 208 g/mol. The molecule has 1 aromatic rings. The lowest BCUT2D eigenvalue weighted by molar-refractivity contribution is -0.0186. The molecule has 1 nitrogen and oxygen atoms in total. The highest BCUT2D eigenvalue weighted by Gasteiger charge is 2.18. The lowest BCUT2D eigenvalue weighted by Crippen LogP contribution is -2.27. The molecular formula is C16H26O. The smallest absolute Gasteiger partial charge is 0.0666 e. The quantitative estimate of drug-likeness (QED) is 0.597. The van der Waals surface area contributed by atoms with E-state index in [-0.39, 0.29) is 5.60 Å². The van der Waals surface area contributed by atoms with Crippen LogP contribution in [0.3, 0.4) is 0 Å². The standard InChI is InChI=1S/C16H26O/c1-4-5-6-10-13-17-16(2,3)14-15-11-8-7-9-12-15/h7-9,11-12H,4-6,10,13-14H2,1-3H3. The first kappa shape index (κ1) is 14.2. The van der Waals surface area contributed by atoms with Crippen molar-refractivity contribution >= 4 is 0 Å². The molecule has 0 atom stereocenters. The molecule has 0 aliphatic rings. The van der Waals surface area contributed by atoms with Crippen LogP contribution < -0.4 is 0 Å². The van der Waals surface area contributed by atoms with Crippen molar-refractivity contribution in [2.75, 3.05) is 6.61 Å². The molecule has 0 saturated heterocycles. The van der Waals surface area contributed by atoms with Crippen molar-refractivity contribution in [3.8, 4) is 0 Å². The molecule has 0 spiro atoms. The molecule has 96 valence electrons. The second-order valence-corrected chi connectivity index (χ2v) is 5.33. The Balaban J connectivity index is 2.26. The van der Waals surface area contributed by atoms with Crippen molar-refractivity contribution in [2.45, 2.75) is 58.5 Å². The van der Waals surface area contributed by atoms with Gasteiger partial charge in [0.1, 0.15) is 0 Å². The van der Waals surface area contributed by atoms with Crippen LogP contribution in [0.25, 0.3) is 0 Å². The molecule has 1 aromatic carbocycles. The Morgan fingerprint density at radius 3 is 2.35 bits per heavy atom. The summed E-state index contributed by atoms with van der Waals surface area (Å²) in [7, 11) is 0. The number of unbranched alkanes of at least 4 members (excludes halogenated alkanes) is 3. The Hall–Kier alpha value is -0.820. The molecule has 17 heavy (non-hydrogen) atoms. The van der Waals surface area contributed by atoms with Crippen molar-refractivity contribution in [2.24, 2.45) is 0 Å². The average Bonchev–Trinajstić information content (AvgIpc) is 2.29. The molecule has 0 amide bonds. The van der Waals surface area contributed by atoms with Gasteiger partial charge in [-0.3, -0.25) is 0 Å². The maximum atomic E-state index is 5.98. The van der Waals surface area contributed by atoms with E-state index in [9.17, 15) is 0 Å². The SMILES string of the molecule is CCCCCCOC(C)(C)Cc1ccccc1. The Labute approximate surface area is 106 Å². The first-order valence-electron chi connectivity index (χ1n) is 6.82. The zero-order valence-electron chi connectivity index (χ0n) is 11.5. The highest BCUT2D eigenvalue weighted by Crippen LogP contribution is 2.17. The van der Waals surface area contributed by atoms with Gasteiger partial charge in [-0.1, -0.05) is 56.5 Å². The third kappa shape index (κ3) is 6.48. The van der Waals surface area contributed by atoms with Crippen molar-refractivity contribution in [1.82, 2.24) is 0 Å². The molecule has 0 aliphatic heterocycles. The highest BCUT2D eigenvalue weighted by molar-refractivity contribution is 5.16. The molecule has 0 unspecified atom stereocenters. The minimum atomic E-state index is -0.0480. The zero-order valence-corrected chi connectivity index (χ0v) is 11.5. The summed E-state index contributed by atoms with van der Waals surface area (Å²) < 4.78 is 5.98. The van der Waals surface area contributed by atoms with Gasteiger partial charge in [-0.05, 0) is 25.8 Å². The molecule has 1 heteroatoms. The van der Waals surface area contributed by atoms with Crippen LogP contribution in [0.15, 0.2) is 30.3 Å².